The highest BCUT2D eigenvalue weighted by molar-refractivity contribution is 6.29. The fourth-order valence-electron chi connectivity index (χ4n) is 4.55. The molecule has 0 spiro atoms. The molecule has 2 aromatic heterocycles. The van der Waals surface area contributed by atoms with Crippen LogP contribution < -0.4 is 10.2 Å². The second-order valence-corrected chi connectivity index (χ2v) is 8.33. The average Bonchev–Trinajstić information content (AvgIpc) is 3.37. The number of aromatic nitrogens is 2. The molecule has 6 aromatic rings. The van der Waals surface area contributed by atoms with Gasteiger partial charge in [-0.05, 0) is 42.5 Å². The Morgan fingerprint density at radius 1 is 0.750 bits per heavy atom. The summed E-state index contributed by atoms with van der Waals surface area (Å²) in [6.45, 7) is 0. The normalized spacial score (nSPS) is 11.6. The number of carbonyl (C=O) groups excluding carboxylic acids is 1. The number of nitrogens with one attached hydrogen (secondary N) is 3. The lowest BCUT2D eigenvalue weighted by molar-refractivity contribution is 0.102. The van der Waals surface area contributed by atoms with Gasteiger partial charge in [0.15, 0.2) is 0 Å². The standard InChI is InChI=1S/C27H22N4O/c1-31(2)17-13-11-16(12-14-17)28-27(32)21-15-20-18-7-3-5-9-22(18)29-25(20)24-19-8-4-6-10-23(19)30-26(21)24/h3-15,29-30H,1-2H3,(H,28,32). The SMILES string of the molecule is CN(C)c1ccc(NC(=O)c2cc3c4ccccc4[nH]c3c3c2[nH]c2ccccc23)cc1. The van der Waals surface area contributed by atoms with Crippen LogP contribution in [0.15, 0.2) is 78.9 Å². The zero-order valence-corrected chi connectivity index (χ0v) is 17.9. The zero-order valence-electron chi connectivity index (χ0n) is 17.9. The molecule has 0 fully saturated rings. The van der Waals surface area contributed by atoms with Crippen molar-refractivity contribution < 1.29 is 4.79 Å². The van der Waals surface area contributed by atoms with E-state index in [0.29, 0.717) is 5.56 Å². The van der Waals surface area contributed by atoms with Crippen LogP contribution >= 0.6 is 0 Å². The van der Waals surface area contributed by atoms with Crippen LogP contribution in [0.4, 0.5) is 11.4 Å². The first-order valence-electron chi connectivity index (χ1n) is 10.6. The molecule has 3 N–H and O–H groups in total. The summed E-state index contributed by atoms with van der Waals surface area (Å²) in [5.41, 5.74) is 6.44. The van der Waals surface area contributed by atoms with Crippen molar-refractivity contribution >= 4 is 60.9 Å². The van der Waals surface area contributed by atoms with Gasteiger partial charge < -0.3 is 20.2 Å². The van der Waals surface area contributed by atoms with E-state index in [0.717, 1.165) is 55.0 Å². The van der Waals surface area contributed by atoms with E-state index in [9.17, 15) is 4.79 Å². The van der Waals surface area contributed by atoms with Crippen molar-refractivity contribution in [1.29, 1.82) is 0 Å². The number of rotatable bonds is 3. The number of anilines is 2. The van der Waals surface area contributed by atoms with Crippen molar-refractivity contribution in [2.24, 2.45) is 0 Å². The van der Waals surface area contributed by atoms with Crippen LogP contribution in [0.3, 0.4) is 0 Å². The van der Waals surface area contributed by atoms with E-state index in [4.69, 9.17) is 0 Å². The molecule has 0 saturated heterocycles. The Labute approximate surface area is 184 Å². The van der Waals surface area contributed by atoms with Crippen molar-refractivity contribution in [2.45, 2.75) is 0 Å². The van der Waals surface area contributed by atoms with Crippen LogP contribution in [0.5, 0.6) is 0 Å². The average molecular weight is 419 g/mol. The molecule has 1 amide bonds. The Hall–Kier alpha value is -4.25. The zero-order chi connectivity index (χ0) is 21.8. The maximum absolute atomic E-state index is 13.5. The van der Waals surface area contributed by atoms with E-state index in [2.05, 4.69) is 33.5 Å². The van der Waals surface area contributed by atoms with Crippen LogP contribution in [0.25, 0.3) is 43.6 Å². The lowest BCUT2D eigenvalue weighted by Gasteiger charge is -2.13. The number of amides is 1. The molecule has 4 aromatic carbocycles. The van der Waals surface area contributed by atoms with Crippen LogP contribution in [0, 0.1) is 0 Å². The lowest BCUT2D eigenvalue weighted by Crippen LogP contribution is -2.13. The first-order chi connectivity index (χ1) is 15.6. The number of nitrogens with zero attached hydrogens (tertiary/aromatic N) is 1. The van der Waals surface area contributed by atoms with E-state index in [1.54, 1.807) is 0 Å². The van der Waals surface area contributed by atoms with E-state index < -0.39 is 0 Å². The van der Waals surface area contributed by atoms with Gasteiger partial charge in [-0.15, -0.1) is 0 Å². The largest absolute Gasteiger partial charge is 0.378 e. The summed E-state index contributed by atoms with van der Waals surface area (Å²) in [5, 5.41) is 7.38. The van der Waals surface area contributed by atoms with Crippen LogP contribution in [0.2, 0.25) is 0 Å². The molecule has 0 bridgehead atoms. The number of fused-ring (bicyclic) bond motifs is 7. The van der Waals surface area contributed by atoms with Crippen molar-refractivity contribution in [3.8, 4) is 0 Å². The molecule has 0 unspecified atom stereocenters. The number of hydrogen-bond acceptors (Lipinski definition) is 2. The molecule has 5 nitrogen and oxygen atoms in total. The second-order valence-electron chi connectivity index (χ2n) is 8.33. The molecule has 0 aliphatic rings. The minimum atomic E-state index is -0.133. The first-order valence-corrected chi connectivity index (χ1v) is 10.6. The van der Waals surface area contributed by atoms with Gasteiger partial charge in [0.1, 0.15) is 0 Å². The molecule has 0 saturated carbocycles. The number of hydrogen-bond donors (Lipinski definition) is 3. The molecular weight excluding hydrogens is 396 g/mol. The van der Waals surface area contributed by atoms with Gasteiger partial charge in [-0.2, -0.15) is 0 Å². The van der Waals surface area contributed by atoms with Gasteiger partial charge in [0.2, 0.25) is 0 Å². The van der Waals surface area contributed by atoms with Crippen LogP contribution in [-0.2, 0) is 0 Å². The van der Waals surface area contributed by atoms with Crippen LogP contribution in [0.1, 0.15) is 10.4 Å². The summed E-state index contributed by atoms with van der Waals surface area (Å²) in [4.78, 5) is 22.6. The predicted molar refractivity (Wildman–Crippen MR) is 134 cm³/mol. The van der Waals surface area contributed by atoms with Crippen molar-refractivity contribution in [2.75, 3.05) is 24.3 Å². The Kier molecular flexibility index (Phi) is 3.98. The Morgan fingerprint density at radius 2 is 1.38 bits per heavy atom. The van der Waals surface area contributed by atoms with E-state index >= 15 is 0 Å². The Balaban J connectivity index is 1.58. The van der Waals surface area contributed by atoms with Gasteiger partial charge in [0, 0.05) is 58.0 Å². The summed E-state index contributed by atoms with van der Waals surface area (Å²) < 4.78 is 0. The fraction of sp³-hybridized carbons (Fsp3) is 0.0741. The minimum absolute atomic E-state index is 0.133. The maximum Gasteiger partial charge on any atom is 0.257 e. The molecule has 32 heavy (non-hydrogen) atoms. The first kappa shape index (κ1) is 18.5. The molecule has 0 atom stereocenters. The van der Waals surface area contributed by atoms with Gasteiger partial charge >= 0.3 is 0 Å². The van der Waals surface area contributed by atoms with Crippen molar-refractivity contribution in [3.05, 3.63) is 84.4 Å². The predicted octanol–water partition coefficient (Wildman–Crippen LogP) is 6.27. The summed E-state index contributed by atoms with van der Waals surface area (Å²) in [6, 6.07) is 26.2. The minimum Gasteiger partial charge on any atom is -0.378 e. The van der Waals surface area contributed by atoms with Gasteiger partial charge in [0.25, 0.3) is 5.91 Å². The number of H-pyrrole nitrogens is 2. The Morgan fingerprint density at radius 3 is 2.09 bits per heavy atom. The molecule has 6 rings (SSSR count). The highest BCUT2D eigenvalue weighted by Gasteiger charge is 2.20. The van der Waals surface area contributed by atoms with E-state index in [1.807, 2.05) is 79.7 Å². The highest BCUT2D eigenvalue weighted by atomic mass is 16.1. The van der Waals surface area contributed by atoms with Gasteiger partial charge in [-0.1, -0.05) is 36.4 Å². The van der Waals surface area contributed by atoms with Gasteiger partial charge in [0.05, 0.1) is 16.6 Å². The molecular formula is C27H22N4O. The fourth-order valence-corrected chi connectivity index (χ4v) is 4.55. The van der Waals surface area contributed by atoms with Crippen molar-refractivity contribution in [3.63, 3.8) is 0 Å². The quantitative estimate of drug-likeness (QED) is 0.317. The van der Waals surface area contributed by atoms with Crippen LogP contribution in [-0.4, -0.2) is 30.0 Å². The molecule has 156 valence electrons. The highest BCUT2D eigenvalue weighted by Crippen LogP contribution is 2.37. The molecule has 0 aliphatic heterocycles. The molecule has 2 heterocycles. The monoisotopic (exact) mass is 418 g/mol. The number of benzene rings is 4. The molecule has 5 heteroatoms. The summed E-state index contributed by atoms with van der Waals surface area (Å²) >= 11 is 0. The molecule has 0 radical (unpaired) electrons. The Bertz CT molecular complexity index is 1640. The second kappa shape index (κ2) is 6.89. The van der Waals surface area contributed by atoms with E-state index in [1.165, 1.54) is 0 Å². The lowest BCUT2D eigenvalue weighted by atomic mass is 10.0. The number of para-hydroxylation sites is 2. The third-order valence-corrected chi connectivity index (χ3v) is 6.15. The summed E-state index contributed by atoms with van der Waals surface area (Å²) in [5.74, 6) is -0.133. The summed E-state index contributed by atoms with van der Waals surface area (Å²) in [7, 11) is 3.99. The third kappa shape index (κ3) is 2.75. The molecule has 0 aliphatic carbocycles. The van der Waals surface area contributed by atoms with Crippen molar-refractivity contribution in [1.82, 2.24) is 9.97 Å². The van der Waals surface area contributed by atoms with E-state index in [-0.39, 0.29) is 5.91 Å². The topological polar surface area (TPSA) is 63.9 Å². The summed E-state index contributed by atoms with van der Waals surface area (Å²) in [6.07, 6.45) is 0. The smallest absolute Gasteiger partial charge is 0.257 e. The third-order valence-electron chi connectivity index (χ3n) is 6.15. The maximum atomic E-state index is 13.5. The number of aromatic amines is 2. The van der Waals surface area contributed by atoms with Gasteiger partial charge in [-0.3, -0.25) is 4.79 Å². The number of carbonyl (C=O) groups is 1. The van der Waals surface area contributed by atoms with Gasteiger partial charge in [-0.25, -0.2) is 0 Å².